The maximum absolute atomic E-state index is 12.4. The number of alkyl halides is 3. The molecule has 1 aromatic rings. The second-order valence-electron chi connectivity index (χ2n) is 3.07. The van der Waals surface area contributed by atoms with Crippen molar-refractivity contribution in [1.82, 2.24) is 0 Å². The van der Waals surface area contributed by atoms with E-state index in [-0.39, 0.29) is 18.0 Å². The molecule has 1 rings (SSSR count). The number of guanidine groups is 1. The topological polar surface area (TPSA) is 102 Å². The summed E-state index contributed by atoms with van der Waals surface area (Å²) in [6.45, 7) is 0. The first-order valence-corrected chi connectivity index (χ1v) is 4.26. The Morgan fingerprint density at radius 3 is 2.28 bits per heavy atom. The van der Waals surface area contributed by atoms with Crippen LogP contribution in [0.4, 0.5) is 13.2 Å². The molecule has 0 aliphatic carbocycles. The number of hydrogen-bond acceptors (Lipinski definition) is 2. The minimum Gasteiger partial charge on any atom is -0.507 e. The SMILES string of the molecule is Cl.NC(N)=NC(=O)c1ccc(O)c(C(F)(F)F)c1. The van der Waals surface area contributed by atoms with E-state index in [0.717, 1.165) is 12.1 Å². The lowest BCUT2D eigenvalue weighted by atomic mass is 10.1. The molecule has 0 bridgehead atoms. The van der Waals surface area contributed by atoms with E-state index in [1.54, 1.807) is 0 Å². The van der Waals surface area contributed by atoms with Gasteiger partial charge in [0.2, 0.25) is 0 Å². The minimum absolute atomic E-state index is 0. The smallest absolute Gasteiger partial charge is 0.419 e. The van der Waals surface area contributed by atoms with Gasteiger partial charge in [-0.15, -0.1) is 12.4 Å². The van der Waals surface area contributed by atoms with Crippen LogP contribution in [-0.2, 0) is 6.18 Å². The first kappa shape index (κ1) is 16.0. The van der Waals surface area contributed by atoms with Crippen molar-refractivity contribution >= 4 is 24.3 Å². The second-order valence-corrected chi connectivity index (χ2v) is 3.07. The number of phenols is 1. The third-order valence-electron chi connectivity index (χ3n) is 1.78. The normalized spacial score (nSPS) is 10.4. The van der Waals surface area contributed by atoms with Gasteiger partial charge in [0.15, 0.2) is 5.96 Å². The molecule has 0 fully saturated rings. The van der Waals surface area contributed by atoms with Crippen molar-refractivity contribution in [2.45, 2.75) is 6.18 Å². The van der Waals surface area contributed by atoms with Crippen LogP contribution in [0.1, 0.15) is 15.9 Å². The van der Waals surface area contributed by atoms with Crippen molar-refractivity contribution in [1.29, 1.82) is 0 Å². The van der Waals surface area contributed by atoms with Gasteiger partial charge in [0, 0.05) is 5.56 Å². The standard InChI is InChI=1S/C9H8F3N3O2.ClH/c10-9(11,12)5-3-4(1-2-6(5)16)7(17)15-8(13)14;/h1-3,16H,(H4,13,14,15,17);1H. The molecule has 0 radical (unpaired) electrons. The molecule has 0 heterocycles. The lowest BCUT2D eigenvalue weighted by Gasteiger charge is -2.09. The minimum atomic E-state index is -4.77. The van der Waals surface area contributed by atoms with Crippen molar-refractivity contribution < 1.29 is 23.1 Å². The molecule has 5 nitrogen and oxygen atoms in total. The van der Waals surface area contributed by atoms with Crippen LogP contribution in [0.3, 0.4) is 0 Å². The van der Waals surface area contributed by atoms with E-state index in [9.17, 15) is 18.0 Å². The molecule has 5 N–H and O–H groups in total. The Kier molecular flexibility index (Phi) is 4.98. The summed E-state index contributed by atoms with van der Waals surface area (Å²) in [5.74, 6) is -2.55. The molecule has 0 atom stereocenters. The predicted molar refractivity (Wildman–Crippen MR) is 60.5 cm³/mol. The number of nitrogens with zero attached hydrogens (tertiary/aromatic N) is 1. The van der Waals surface area contributed by atoms with Gasteiger partial charge in [-0.1, -0.05) is 0 Å². The molecule has 0 aliphatic rings. The van der Waals surface area contributed by atoms with Crippen LogP contribution in [0.2, 0.25) is 0 Å². The highest BCUT2D eigenvalue weighted by Crippen LogP contribution is 2.36. The van der Waals surface area contributed by atoms with Crippen molar-refractivity contribution in [3.8, 4) is 5.75 Å². The molecule has 0 unspecified atom stereocenters. The molecule has 0 saturated heterocycles. The zero-order chi connectivity index (χ0) is 13.2. The predicted octanol–water partition coefficient (Wildman–Crippen LogP) is 1.25. The fraction of sp³-hybridized carbons (Fsp3) is 0.111. The number of aromatic hydroxyl groups is 1. The van der Waals surface area contributed by atoms with Crippen molar-refractivity contribution in [2.75, 3.05) is 0 Å². The Labute approximate surface area is 106 Å². The van der Waals surface area contributed by atoms with Crippen LogP contribution in [0.25, 0.3) is 0 Å². The molecule has 1 amide bonds. The number of carbonyl (C=O) groups is 1. The summed E-state index contributed by atoms with van der Waals surface area (Å²) in [7, 11) is 0. The van der Waals surface area contributed by atoms with Gasteiger partial charge in [0.05, 0.1) is 5.56 Å². The molecule has 0 aromatic heterocycles. The molecule has 0 spiro atoms. The van der Waals surface area contributed by atoms with Crippen LogP contribution in [0.5, 0.6) is 5.75 Å². The summed E-state index contributed by atoms with van der Waals surface area (Å²) in [6, 6.07) is 2.21. The van der Waals surface area contributed by atoms with E-state index in [1.165, 1.54) is 0 Å². The fourth-order valence-electron chi connectivity index (χ4n) is 1.08. The van der Waals surface area contributed by atoms with Crippen molar-refractivity contribution in [3.63, 3.8) is 0 Å². The van der Waals surface area contributed by atoms with Crippen LogP contribution >= 0.6 is 12.4 Å². The Bertz CT molecular complexity index is 484. The Hall–Kier alpha value is -1.96. The number of nitrogens with two attached hydrogens (primary N) is 2. The molecule has 0 aliphatic heterocycles. The number of amides is 1. The number of halogens is 4. The average molecular weight is 284 g/mol. The first-order valence-electron chi connectivity index (χ1n) is 4.26. The highest BCUT2D eigenvalue weighted by atomic mass is 35.5. The molecule has 0 saturated carbocycles. The van der Waals surface area contributed by atoms with E-state index in [4.69, 9.17) is 16.6 Å². The van der Waals surface area contributed by atoms with Crippen LogP contribution < -0.4 is 11.5 Å². The Morgan fingerprint density at radius 1 is 1.28 bits per heavy atom. The third kappa shape index (κ3) is 3.81. The summed E-state index contributed by atoms with van der Waals surface area (Å²) in [5, 5.41) is 9.02. The van der Waals surface area contributed by atoms with Crippen LogP contribution in [0, 0.1) is 0 Å². The second kappa shape index (κ2) is 5.58. The molecule has 18 heavy (non-hydrogen) atoms. The van der Waals surface area contributed by atoms with Crippen LogP contribution in [-0.4, -0.2) is 17.0 Å². The van der Waals surface area contributed by atoms with E-state index < -0.39 is 29.4 Å². The van der Waals surface area contributed by atoms with Crippen LogP contribution in [0.15, 0.2) is 23.2 Å². The maximum atomic E-state index is 12.4. The van der Waals surface area contributed by atoms with Gasteiger partial charge >= 0.3 is 6.18 Å². The summed E-state index contributed by atoms with van der Waals surface area (Å²) in [5.41, 5.74) is 8.14. The Balaban J connectivity index is 0.00000289. The van der Waals surface area contributed by atoms with Crippen molar-refractivity contribution in [2.24, 2.45) is 16.5 Å². The molecule has 1 aromatic carbocycles. The van der Waals surface area contributed by atoms with E-state index in [2.05, 4.69) is 4.99 Å². The zero-order valence-corrected chi connectivity index (χ0v) is 9.55. The lowest BCUT2D eigenvalue weighted by molar-refractivity contribution is -0.138. The highest BCUT2D eigenvalue weighted by molar-refractivity contribution is 6.02. The van der Waals surface area contributed by atoms with Gasteiger partial charge < -0.3 is 16.6 Å². The van der Waals surface area contributed by atoms with Crippen molar-refractivity contribution in [3.05, 3.63) is 29.3 Å². The largest absolute Gasteiger partial charge is 0.507 e. The quantitative estimate of drug-likeness (QED) is 0.533. The zero-order valence-electron chi connectivity index (χ0n) is 8.73. The summed E-state index contributed by atoms with van der Waals surface area (Å²) >= 11 is 0. The molecule has 9 heteroatoms. The maximum Gasteiger partial charge on any atom is 0.419 e. The van der Waals surface area contributed by atoms with E-state index in [1.807, 2.05) is 0 Å². The molecular formula is C9H9ClF3N3O2. The third-order valence-corrected chi connectivity index (χ3v) is 1.78. The number of benzene rings is 1. The monoisotopic (exact) mass is 283 g/mol. The number of aliphatic imine (C=N–C) groups is 1. The van der Waals surface area contributed by atoms with E-state index in [0.29, 0.717) is 6.07 Å². The summed E-state index contributed by atoms with van der Waals surface area (Å²) in [4.78, 5) is 14.3. The van der Waals surface area contributed by atoms with Gasteiger partial charge in [0.1, 0.15) is 5.75 Å². The first-order chi connectivity index (χ1) is 7.71. The van der Waals surface area contributed by atoms with Gasteiger partial charge in [-0.2, -0.15) is 18.2 Å². The number of hydrogen-bond donors (Lipinski definition) is 3. The lowest BCUT2D eigenvalue weighted by Crippen LogP contribution is -2.24. The Morgan fingerprint density at radius 2 is 1.83 bits per heavy atom. The number of carbonyl (C=O) groups excluding carboxylic acids is 1. The van der Waals surface area contributed by atoms with Gasteiger partial charge in [-0.25, -0.2) is 0 Å². The highest BCUT2D eigenvalue weighted by Gasteiger charge is 2.34. The molecular weight excluding hydrogens is 275 g/mol. The van der Waals surface area contributed by atoms with Gasteiger partial charge in [-0.3, -0.25) is 4.79 Å². The van der Waals surface area contributed by atoms with Gasteiger partial charge in [0.25, 0.3) is 5.91 Å². The average Bonchev–Trinajstić information content (AvgIpc) is 2.15. The number of rotatable bonds is 1. The fourth-order valence-corrected chi connectivity index (χ4v) is 1.08. The van der Waals surface area contributed by atoms with Gasteiger partial charge in [-0.05, 0) is 18.2 Å². The van der Waals surface area contributed by atoms with E-state index >= 15 is 0 Å². The summed E-state index contributed by atoms with van der Waals surface area (Å²) in [6.07, 6.45) is -4.77. The summed E-state index contributed by atoms with van der Waals surface area (Å²) < 4.78 is 37.2. The molecule has 100 valence electrons. The number of phenolic OH excluding ortho intramolecular Hbond substituents is 1.